The normalized spacial score (nSPS) is 12.9. The highest BCUT2D eigenvalue weighted by Gasteiger charge is 2.24. The number of hydrogen-bond acceptors (Lipinski definition) is 7. The Labute approximate surface area is 166 Å². The second kappa shape index (κ2) is 8.84. The number of nitrogens with zero attached hydrogens (tertiary/aromatic N) is 3. The summed E-state index contributed by atoms with van der Waals surface area (Å²) in [7, 11) is 0. The smallest absolute Gasteiger partial charge is 0.341 e. The zero-order valence-corrected chi connectivity index (χ0v) is 15.5. The number of ether oxygens (including phenoxy) is 1. The topological polar surface area (TPSA) is 126 Å². The summed E-state index contributed by atoms with van der Waals surface area (Å²) in [6, 6.07) is 12.3. The van der Waals surface area contributed by atoms with Crippen LogP contribution in [0, 0.1) is 21.4 Å². The standard InChI is InChI=1S/C20H18N4O5/c21-12-14-3-5-15(6-4-14)22-19(25)13-29-20(26)17-11-16(24(27)28)7-8-18(17)23-9-1-2-10-23/h3-8,11H,1-2,9-10,13H2,(H,22,25). The molecule has 1 amide bonds. The van der Waals surface area contributed by atoms with Gasteiger partial charge in [-0.05, 0) is 43.2 Å². The molecule has 0 aliphatic carbocycles. The van der Waals surface area contributed by atoms with Gasteiger partial charge in [-0.1, -0.05) is 0 Å². The van der Waals surface area contributed by atoms with Crippen molar-refractivity contribution >= 4 is 28.9 Å². The van der Waals surface area contributed by atoms with Gasteiger partial charge in [0, 0.05) is 30.9 Å². The van der Waals surface area contributed by atoms with Crippen molar-refractivity contribution < 1.29 is 19.2 Å². The van der Waals surface area contributed by atoms with Crippen LogP contribution in [0.3, 0.4) is 0 Å². The zero-order valence-electron chi connectivity index (χ0n) is 15.5. The lowest BCUT2D eigenvalue weighted by molar-refractivity contribution is -0.384. The Morgan fingerprint density at radius 1 is 1.17 bits per heavy atom. The average molecular weight is 394 g/mol. The summed E-state index contributed by atoms with van der Waals surface area (Å²) in [4.78, 5) is 37.1. The first kappa shape index (κ1) is 19.8. The number of nitro benzene ring substituents is 1. The summed E-state index contributed by atoms with van der Waals surface area (Å²) in [5, 5.41) is 22.4. The molecule has 1 N–H and O–H groups in total. The predicted molar refractivity (Wildman–Crippen MR) is 105 cm³/mol. The third-order valence-corrected chi connectivity index (χ3v) is 4.49. The minimum atomic E-state index is -0.800. The quantitative estimate of drug-likeness (QED) is 0.453. The van der Waals surface area contributed by atoms with E-state index in [9.17, 15) is 19.7 Å². The van der Waals surface area contributed by atoms with E-state index in [0.29, 0.717) is 16.9 Å². The molecule has 0 unspecified atom stereocenters. The first-order valence-corrected chi connectivity index (χ1v) is 8.98. The van der Waals surface area contributed by atoms with Gasteiger partial charge in [0.1, 0.15) is 0 Å². The molecule has 9 nitrogen and oxygen atoms in total. The van der Waals surface area contributed by atoms with Crippen molar-refractivity contribution in [3.8, 4) is 6.07 Å². The van der Waals surface area contributed by atoms with Crippen molar-refractivity contribution in [3.05, 3.63) is 63.7 Å². The van der Waals surface area contributed by atoms with Gasteiger partial charge in [-0.3, -0.25) is 14.9 Å². The van der Waals surface area contributed by atoms with Crippen molar-refractivity contribution in [1.29, 1.82) is 5.26 Å². The molecule has 2 aromatic rings. The molecule has 0 spiro atoms. The van der Waals surface area contributed by atoms with Crippen LogP contribution in [0.1, 0.15) is 28.8 Å². The maximum Gasteiger partial charge on any atom is 0.341 e. The first-order chi connectivity index (χ1) is 14.0. The Bertz CT molecular complexity index is 975. The highest BCUT2D eigenvalue weighted by atomic mass is 16.6. The van der Waals surface area contributed by atoms with Crippen LogP contribution in [0.2, 0.25) is 0 Å². The molecule has 1 heterocycles. The summed E-state index contributed by atoms with van der Waals surface area (Å²) in [5.74, 6) is -1.36. The van der Waals surface area contributed by atoms with Gasteiger partial charge in [0.15, 0.2) is 6.61 Å². The summed E-state index contributed by atoms with van der Waals surface area (Å²) in [5.41, 5.74) is 1.31. The number of amides is 1. The van der Waals surface area contributed by atoms with Crippen LogP contribution in [-0.2, 0) is 9.53 Å². The molecular weight excluding hydrogens is 376 g/mol. The van der Waals surface area contributed by atoms with Crippen molar-refractivity contribution in [2.45, 2.75) is 12.8 Å². The number of nitriles is 1. The average Bonchev–Trinajstić information content (AvgIpc) is 3.26. The molecule has 0 saturated carbocycles. The summed E-state index contributed by atoms with van der Waals surface area (Å²) in [6.07, 6.45) is 1.94. The summed E-state index contributed by atoms with van der Waals surface area (Å²) >= 11 is 0. The third-order valence-electron chi connectivity index (χ3n) is 4.49. The molecule has 0 aromatic heterocycles. The van der Waals surface area contributed by atoms with Crippen LogP contribution in [0.4, 0.5) is 17.1 Å². The highest BCUT2D eigenvalue weighted by molar-refractivity contribution is 5.99. The lowest BCUT2D eigenvalue weighted by Gasteiger charge is -2.20. The van der Waals surface area contributed by atoms with E-state index in [1.165, 1.54) is 18.2 Å². The van der Waals surface area contributed by atoms with E-state index in [2.05, 4.69) is 5.32 Å². The Balaban J connectivity index is 1.68. The molecule has 29 heavy (non-hydrogen) atoms. The number of non-ortho nitro benzene ring substituents is 1. The van der Waals surface area contributed by atoms with Crippen molar-refractivity contribution in [3.63, 3.8) is 0 Å². The number of nitro groups is 1. The SMILES string of the molecule is N#Cc1ccc(NC(=O)COC(=O)c2cc([N+](=O)[O-])ccc2N2CCCC2)cc1. The van der Waals surface area contributed by atoms with E-state index < -0.39 is 23.4 Å². The molecule has 3 rings (SSSR count). The van der Waals surface area contributed by atoms with E-state index in [1.807, 2.05) is 11.0 Å². The Kier molecular flexibility index (Phi) is 6.04. The van der Waals surface area contributed by atoms with Crippen LogP contribution >= 0.6 is 0 Å². The maximum atomic E-state index is 12.5. The van der Waals surface area contributed by atoms with Crippen LogP contribution in [0.5, 0.6) is 0 Å². The fourth-order valence-electron chi connectivity index (χ4n) is 3.07. The molecule has 1 saturated heterocycles. The second-order valence-electron chi connectivity index (χ2n) is 6.47. The number of esters is 1. The minimum Gasteiger partial charge on any atom is -0.452 e. The largest absolute Gasteiger partial charge is 0.452 e. The predicted octanol–water partition coefficient (Wildman–Crippen LogP) is 2.86. The number of rotatable bonds is 6. The lowest BCUT2D eigenvalue weighted by atomic mass is 10.1. The fourth-order valence-corrected chi connectivity index (χ4v) is 3.07. The number of benzene rings is 2. The molecule has 2 aromatic carbocycles. The summed E-state index contributed by atoms with van der Waals surface area (Å²) in [6.45, 7) is 0.954. The van der Waals surface area contributed by atoms with E-state index in [0.717, 1.165) is 25.9 Å². The van der Waals surface area contributed by atoms with E-state index >= 15 is 0 Å². The van der Waals surface area contributed by atoms with Gasteiger partial charge in [-0.15, -0.1) is 0 Å². The molecule has 1 aliphatic rings. The number of carbonyl (C=O) groups excluding carboxylic acids is 2. The Hall–Kier alpha value is -3.93. The van der Waals surface area contributed by atoms with Gasteiger partial charge in [-0.25, -0.2) is 4.79 Å². The molecule has 148 valence electrons. The number of hydrogen-bond donors (Lipinski definition) is 1. The van der Waals surface area contributed by atoms with E-state index in [-0.39, 0.29) is 11.3 Å². The van der Waals surface area contributed by atoms with Crippen LogP contribution in [-0.4, -0.2) is 36.5 Å². The first-order valence-electron chi connectivity index (χ1n) is 8.98. The number of nitrogens with one attached hydrogen (secondary N) is 1. The monoisotopic (exact) mass is 394 g/mol. The molecule has 0 radical (unpaired) electrons. The molecule has 1 fully saturated rings. The van der Waals surface area contributed by atoms with Gasteiger partial charge in [0.2, 0.25) is 0 Å². The highest BCUT2D eigenvalue weighted by Crippen LogP contribution is 2.29. The van der Waals surface area contributed by atoms with Crippen LogP contribution in [0.25, 0.3) is 0 Å². The number of carbonyl (C=O) groups is 2. The molecule has 1 aliphatic heterocycles. The second-order valence-corrected chi connectivity index (χ2v) is 6.47. The van der Waals surface area contributed by atoms with E-state index in [4.69, 9.17) is 10.00 Å². The van der Waals surface area contributed by atoms with Crippen molar-refractivity contribution in [2.75, 3.05) is 29.9 Å². The molecular formula is C20H18N4O5. The van der Waals surface area contributed by atoms with Gasteiger partial charge in [-0.2, -0.15) is 5.26 Å². The van der Waals surface area contributed by atoms with Gasteiger partial charge in [0.05, 0.1) is 27.8 Å². The van der Waals surface area contributed by atoms with Crippen molar-refractivity contribution in [2.24, 2.45) is 0 Å². The fraction of sp³-hybridized carbons (Fsp3) is 0.250. The van der Waals surface area contributed by atoms with Gasteiger partial charge < -0.3 is 15.0 Å². The van der Waals surface area contributed by atoms with E-state index in [1.54, 1.807) is 24.3 Å². The maximum absolute atomic E-state index is 12.5. The minimum absolute atomic E-state index is 0.0623. The Morgan fingerprint density at radius 2 is 1.86 bits per heavy atom. The third kappa shape index (κ3) is 4.87. The number of anilines is 2. The zero-order chi connectivity index (χ0) is 20.8. The lowest BCUT2D eigenvalue weighted by Crippen LogP contribution is -2.24. The van der Waals surface area contributed by atoms with Crippen LogP contribution in [0.15, 0.2) is 42.5 Å². The molecule has 0 bridgehead atoms. The van der Waals surface area contributed by atoms with Crippen LogP contribution < -0.4 is 10.2 Å². The summed E-state index contributed by atoms with van der Waals surface area (Å²) < 4.78 is 5.09. The van der Waals surface area contributed by atoms with Crippen molar-refractivity contribution in [1.82, 2.24) is 0 Å². The molecule has 9 heteroatoms. The Morgan fingerprint density at radius 3 is 2.48 bits per heavy atom. The molecule has 0 atom stereocenters. The van der Waals surface area contributed by atoms with Gasteiger partial charge in [0.25, 0.3) is 11.6 Å². The van der Waals surface area contributed by atoms with Gasteiger partial charge >= 0.3 is 5.97 Å².